The highest BCUT2D eigenvalue weighted by Crippen LogP contribution is 2.19. The van der Waals surface area contributed by atoms with Crippen molar-refractivity contribution in [3.8, 4) is 5.75 Å². The molecule has 0 aliphatic rings. The lowest BCUT2D eigenvalue weighted by Gasteiger charge is -2.10. The number of para-hydroxylation sites is 3. The van der Waals surface area contributed by atoms with Crippen molar-refractivity contribution in [2.24, 2.45) is 0 Å². The Hall–Kier alpha value is -2.60. The Morgan fingerprint density at radius 2 is 1.88 bits per heavy atom. The number of nitrogens with zero attached hydrogens (tertiary/aromatic N) is 2. The molecule has 128 valence electrons. The summed E-state index contributed by atoms with van der Waals surface area (Å²) in [4.78, 5) is 16.6. The van der Waals surface area contributed by atoms with E-state index in [9.17, 15) is 4.79 Å². The van der Waals surface area contributed by atoms with Gasteiger partial charge >= 0.3 is 0 Å². The molecule has 0 fully saturated rings. The lowest BCUT2D eigenvalue weighted by Crippen LogP contribution is -2.29. The van der Waals surface area contributed by atoms with Crippen LogP contribution in [-0.4, -0.2) is 22.1 Å². The minimum absolute atomic E-state index is 0.0323. The first-order valence-electron chi connectivity index (χ1n) is 7.85. The van der Waals surface area contributed by atoms with Gasteiger partial charge in [-0.05, 0) is 24.3 Å². The van der Waals surface area contributed by atoms with Crippen molar-refractivity contribution in [1.29, 1.82) is 0 Å². The molecule has 0 unspecified atom stereocenters. The third kappa shape index (κ3) is 4.48. The number of fused-ring (bicyclic) bond motifs is 1. The van der Waals surface area contributed by atoms with Gasteiger partial charge in [0.2, 0.25) is 0 Å². The number of nitrogens with one attached hydrogen (secondary N) is 1. The van der Waals surface area contributed by atoms with Crippen molar-refractivity contribution >= 4 is 32.9 Å². The zero-order valence-corrected chi connectivity index (χ0v) is 15.2. The Morgan fingerprint density at radius 3 is 2.64 bits per heavy atom. The van der Waals surface area contributed by atoms with Crippen LogP contribution in [0.25, 0.3) is 11.0 Å². The summed E-state index contributed by atoms with van der Waals surface area (Å²) >= 11 is 3.40. The predicted molar refractivity (Wildman–Crippen MR) is 102 cm³/mol. The van der Waals surface area contributed by atoms with Crippen LogP contribution in [0.2, 0.25) is 0 Å². The first-order chi connectivity index (χ1) is 12.1. The smallest absolute Gasteiger partial charge is 0.258 e. The Labute approximate surface area is 154 Å². The minimum atomic E-state index is -0.194. The fourth-order valence-electron chi connectivity index (χ4n) is 2.50. The average Bonchev–Trinajstić information content (AvgIpc) is 2.96. The van der Waals surface area contributed by atoms with Gasteiger partial charge in [0.25, 0.3) is 5.91 Å². The molecule has 0 aliphatic heterocycles. The van der Waals surface area contributed by atoms with Crippen LogP contribution in [0, 0.1) is 0 Å². The number of hydrogen-bond donors (Lipinski definition) is 1. The van der Waals surface area contributed by atoms with Gasteiger partial charge in [-0.2, -0.15) is 0 Å². The zero-order chi connectivity index (χ0) is 17.6. The Kier molecular flexibility index (Phi) is 5.50. The van der Waals surface area contributed by atoms with Gasteiger partial charge in [-0.1, -0.05) is 52.8 Å². The molecular weight excluding hydrogens is 382 g/mol. The monoisotopic (exact) mass is 399 g/mol. The van der Waals surface area contributed by atoms with Crippen molar-refractivity contribution in [1.82, 2.24) is 14.9 Å². The summed E-state index contributed by atoms with van der Waals surface area (Å²) in [5, 5.41) is 2.85. The van der Waals surface area contributed by atoms with Gasteiger partial charge in [-0.25, -0.2) is 4.98 Å². The molecule has 1 N–H and O–H groups in total. The standard InChI is InChI=1S/C19H18BrN3O2/c1-14(20)12-23-17-10-6-5-9-16(17)22-18(23)11-21-19(24)13-25-15-7-3-2-4-8-15/h2-10H,1,11-13H2,(H,21,24). The van der Waals surface area contributed by atoms with Crippen molar-refractivity contribution in [2.45, 2.75) is 13.1 Å². The summed E-state index contributed by atoms with van der Waals surface area (Å²) in [7, 11) is 0. The molecule has 25 heavy (non-hydrogen) atoms. The van der Waals surface area contributed by atoms with Gasteiger partial charge in [-0.15, -0.1) is 0 Å². The first kappa shape index (κ1) is 17.2. The summed E-state index contributed by atoms with van der Waals surface area (Å²) < 4.78 is 8.32. The molecule has 0 saturated carbocycles. The highest BCUT2D eigenvalue weighted by molar-refractivity contribution is 9.11. The molecule has 1 aromatic heterocycles. The van der Waals surface area contributed by atoms with Crippen LogP contribution >= 0.6 is 15.9 Å². The van der Waals surface area contributed by atoms with E-state index in [0.717, 1.165) is 21.3 Å². The topological polar surface area (TPSA) is 56.2 Å². The lowest BCUT2D eigenvalue weighted by atomic mass is 10.3. The van der Waals surface area contributed by atoms with E-state index in [2.05, 4.69) is 32.8 Å². The summed E-state index contributed by atoms with van der Waals surface area (Å²) in [5.74, 6) is 1.25. The Bertz CT molecular complexity index is 890. The Balaban J connectivity index is 1.66. The number of aromatic nitrogens is 2. The van der Waals surface area contributed by atoms with E-state index < -0.39 is 0 Å². The van der Waals surface area contributed by atoms with E-state index in [4.69, 9.17) is 4.74 Å². The molecule has 2 aromatic carbocycles. The fraction of sp³-hybridized carbons (Fsp3) is 0.158. The second kappa shape index (κ2) is 7.98. The average molecular weight is 400 g/mol. The molecule has 0 bridgehead atoms. The van der Waals surface area contributed by atoms with E-state index >= 15 is 0 Å². The molecule has 5 nitrogen and oxygen atoms in total. The highest BCUT2D eigenvalue weighted by atomic mass is 79.9. The number of allylic oxidation sites excluding steroid dienone is 1. The number of benzene rings is 2. The molecule has 0 radical (unpaired) electrons. The molecule has 1 amide bonds. The number of hydrogen-bond acceptors (Lipinski definition) is 3. The number of carbonyl (C=O) groups is 1. The summed E-state index contributed by atoms with van der Waals surface area (Å²) in [6.07, 6.45) is 0. The molecule has 0 saturated heterocycles. The van der Waals surface area contributed by atoms with E-state index in [0.29, 0.717) is 18.8 Å². The van der Waals surface area contributed by atoms with Crippen LogP contribution in [0.4, 0.5) is 0 Å². The third-order valence-electron chi connectivity index (χ3n) is 3.62. The molecule has 1 heterocycles. The number of amides is 1. The maximum absolute atomic E-state index is 12.0. The number of imidazole rings is 1. The van der Waals surface area contributed by atoms with Crippen LogP contribution in [-0.2, 0) is 17.9 Å². The fourth-order valence-corrected chi connectivity index (χ4v) is 2.75. The second-order valence-electron chi connectivity index (χ2n) is 5.50. The SMILES string of the molecule is C=C(Br)Cn1c(CNC(=O)COc2ccccc2)nc2ccccc21. The van der Waals surface area contributed by atoms with Gasteiger partial charge in [-0.3, -0.25) is 4.79 Å². The predicted octanol–water partition coefficient (Wildman–Crippen LogP) is 3.64. The maximum atomic E-state index is 12.0. The van der Waals surface area contributed by atoms with E-state index in [1.807, 2.05) is 59.2 Å². The minimum Gasteiger partial charge on any atom is -0.484 e. The molecule has 0 spiro atoms. The quantitative estimate of drug-likeness (QED) is 0.659. The molecule has 6 heteroatoms. The number of ether oxygens (including phenoxy) is 1. The van der Waals surface area contributed by atoms with E-state index in [1.54, 1.807) is 0 Å². The lowest BCUT2D eigenvalue weighted by molar-refractivity contribution is -0.123. The van der Waals surface area contributed by atoms with Gasteiger partial charge in [0.15, 0.2) is 6.61 Å². The molecule has 0 aliphatic carbocycles. The molecular formula is C19H18BrN3O2. The van der Waals surface area contributed by atoms with Crippen LogP contribution < -0.4 is 10.1 Å². The van der Waals surface area contributed by atoms with Gasteiger partial charge in [0.1, 0.15) is 11.6 Å². The number of carbonyl (C=O) groups excluding carboxylic acids is 1. The van der Waals surface area contributed by atoms with E-state index in [1.165, 1.54) is 0 Å². The van der Waals surface area contributed by atoms with Crippen LogP contribution in [0.3, 0.4) is 0 Å². The molecule has 0 atom stereocenters. The van der Waals surface area contributed by atoms with Gasteiger partial charge in [0.05, 0.1) is 24.1 Å². The van der Waals surface area contributed by atoms with Crippen molar-refractivity contribution in [3.63, 3.8) is 0 Å². The summed E-state index contributed by atoms with van der Waals surface area (Å²) in [6, 6.07) is 17.1. The van der Waals surface area contributed by atoms with Crippen LogP contribution in [0.15, 0.2) is 65.7 Å². The van der Waals surface area contributed by atoms with Crippen molar-refractivity contribution < 1.29 is 9.53 Å². The summed E-state index contributed by atoms with van der Waals surface area (Å²) in [5.41, 5.74) is 1.90. The van der Waals surface area contributed by atoms with Gasteiger partial charge in [0, 0.05) is 4.48 Å². The summed E-state index contributed by atoms with van der Waals surface area (Å²) in [6.45, 7) is 4.78. The normalized spacial score (nSPS) is 10.6. The largest absolute Gasteiger partial charge is 0.484 e. The number of halogens is 1. The van der Waals surface area contributed by atoms with Crippen molar-refractivity contribution in [3.05, 3.63) is 71.5 Å². The highest BCUT2D eigenvalue weighted by Gasteiger charge is 2.12. The first-order valence-corrected chi connectivity index (χ1v) is 8.65. The second-order valence-corrected chi connectivity index (χ2v) is 6.62. The molecule has 3 aromatic rings. The molecule has 3 rings (SSSR count). The Morgan fingerprint density at radius 1 is 1.16 bits per heavy atom. The van der Waals surface area contributed by atoms with Gasteiger partial charge < -0.3 is 14.6 Å². The van der Waals surface area contributed by atoms with Crippen LogP contribution in [0.1, 0.15) is 5.82 Å². The maximum Gasteiger partial charge on any atom is 0.258 e. The zero-order valence-electron chi connectivity index (χ0n) is 13.6. The van der Waals surface area contributed by atoms with Crippen LogP contribution in [0.5, 0.6) is 5.75 Å². The van der Waals surface area contributed by atoms with E-state index in [-0.39, 0.29) is 12.5 Å². The third-order valence-corrected chi connectivity index (χ3v) is 3.87. The van der Waals surface area contributed by atoms with Crippen molar-refractivity contribution in [2.75, 3.05) is 6.61 Å². The number of rotatable bonds is 7.